The van der Waals surface area contributed by atoms with Crippen LogP contribution in [0.1, 0.15) is 31.1 Å². The normalized spacial score (nSPS) is 11.1. The van der Waals surface area contributed by atoms with E-state index in [4.69, 9.17) is 4.74 Å². The Bertz CT molecular complexity index is 888. The Morgan fingerprint density at radius 2 is 1.54 bits per heavy atom. The zero-order valence-electron chi connectivity index (χ0n) is 14.6. The van der Waals surface area contributed by atoms with E-state index < -0.39 is 15.9 Å². The van der Waals surface area contributed by atoms with Gasteiger partial charge in [0.15, 0.2) is 0 Å². The molecule has 0 heterocycles. The van der Waals surface area contributed by atoms with Crippen LogP contribution in [-0.4, -0.2) is 26.3 Å². The molecule has 0 aromatic heterocycles. The summed E-state index contributed by atoms with van der Waals surface area (Å²) in [5, 5.41) is 2.68. The number of hydrogen-bond acceptors (Lipinski definition) is 5. The largest absolute Gasteiger partial charge is 0.491 e. The molecule has 0 spiro atoms. The minimum absolute atomic E-state index is 0.0435. The van der Waals surface area contributed by atoms with Gasteiger partial charge in [-0.25, -0.2) is 13.1 Å². The van der Waals surface area contributed by atoms with Crippen molar-refractivity contribution in [1.82, 2.24) is 4.72 Å². The predicted octanol–water partition coefficient (Wildman–Crippen LogP) is 2.55. The fraction of sp³-hybridized carbons (Fsp3) is 0.222. The molecule has 0 radical (unpaired) electrons. The molecule has 26 heavy (non-hydrogen) atoms. The Kier molecular flexibility index (Phi) is 5.99. The minimum Gasteiger partial charge on any atom is -0.491 e. The molecule has 0 saturated carbocycles. The highest BCUT2D eigenvalue weighted by Gasteiger charge is 2.15. The number of nitrogens with one attached hydrogen (secondary N) is 2. The van der Waals surface area contributed by atoms with Crippen LogP contribution < -0.4 is 14.8 Å². The number of sulfonamides is 1. The third kappa shape index (κ3) is 5.32. The second-order valence-corrected chi connectivity index (χ2v) is 7.51. The first kappa shape index (κ1) is 19.5. The topological polar surface area (TPSA) is 102 Å². The second-order valence-electron chi connectivity index (χ2n) is 5.83. The van der Waals surface area contributed by atoms with Gasteiger partial charge in [-0.1, -0.05) is 0 Å². The molecule has 0 aliphatic carbocycles. The lowest BCUT2D eigenvalue weighted by atomic mass is 10.2. The maximum absolute atomic E-state index is 12.2. The van der Waals surface area contributed by atoms with Crippen LogP contribution in [0.3, 0.4) is 0 Å². The van der Waals surface area contributed by atoms with Crippen molar-refractivity contribution in [3.05, 3.63) is 54.1 Å². The van der Waals surface area contributed by atoms with Crippen LogP contribution in [-0.2, 0) is 14.8 Å². The first-order valence-electron chi connectivity index (χ1n) is 7.89. The van der Waals surface area contributed by atoms with E-state index in [9.17, 15) is 18.0 Å². The van der Waals surface area contributed by atoms with Crippen LogP contribution in [0.25, 0.3) is 0 Å². The summed E-state index contributed by atoms with van der Waals surface area (Å²) in [6.45, 7) is 4.94. The highest BCUT2D eigenvalue weighted by atomic mass is 32.2. The van der Waals surface area contributed by atoms with Gasteiger partial charge >= 0.3 is 0 Å². The van der Waals surface area contributed by atoms with E-state index in [2.05, 4.69) is 5.32 Å². The molecule has 7 nitrogen and oxygen atoms in total. The number of rotatable bonds is 6. The molecule has 0 bridgehead atoms. The van der Waals surface area contributed by atoms with Gasteiger partial charge in [0, 0.05) is 18.2 Å². The predicted molar refractivity (Wildman–Crippen MR) is 97.6 cm³/mol. The maximum atomic E-state index is 12.2. The van der Waals surface area contributed by atoms with E-state index in [1.54, 1.807) is 24.3 Å². The van der Waals surface area contributed by atoms with Crippen molar-refractivity contribution in [3.63, 3.8) is 0 Å². The van der Waals surface area contributed by atoms with E-state index >= 15 is 0 Å². The van der Waals surface area contributed by atoms with Gasteiger partial charge in [0.05, 0.1) is 11.0 Å². The van der Waals surface area contributed by atoms with Crippen LogP contribution in [0.5, 0.6) is 5.75 Å². The molecule has 0 unspecified atom stereocenters. The van der Waals surface area contributed by atoms with Gasteiger partial charge in [-0.3, -0.25) is 9.59 Å². The smallest absolute Gasteiger partial charge is 0.264 e. The number of ether oxygens (including phenoxy) is 1. The van der Waals surface area contributed by atoms with Crippen molar-refractivity contribution in [2.75, 3.05) is 5.32 Å². The number of anilines is 1. The fourth-order valence-corrected chi connectivity index (χ4v) is 3.12. The quantitative estimate of drug-likeness (QED) is 0.807. The third-order valence-electron chi connectivity index (χ3n) is 3.19. The van der Waals surface area contributed by atoms with Crippen molar-refractivity contribution < 1.29 is 22.7 Å². The zero-order chi connectivity index (χ0) is 19.3. The summed E-state index contributed by atoms with van der Waals surface area (Å²) >= 11 is 0. The van der Waals surface area contributed by atoms with Gasteiger partial charge in [0.2, 0.25) is 5.91 Å². The molecule has 0 aliphatic rings. The molecule has 2 aromatic rings. The van der Waals surface area contributed by atoms with Gasteiger partial charge in [-0.2, -0.15) is 0 Å². The molecule has 2 aromatic carbocycles. The average molecular weight is 376 g/mol. The van der Waals surface area contributed by atoms with Crippen LogP contribution in [0, 0.1) is 0 Å². The Labute approximate surface area is 152 Å². The van der Waals surface area contributed by atoms with E-state index in [-0.39, 0.29) is 16.9 Å². The van der Waals surface area contributed by atoms with Crippen LogP contribution in [0.15, 0.2) is 53.4 Å². The van der Waals surface area contributed by atoms with Gasteiger partial charge in [0.25, 0.3) is 15.9 Å². The average Bonchev–Trinajstić information content (AvgIpc) is 2.54. The molecular formula is C18H20N2O5S. The second kappa shape index (κ2) is 8.01. The number of hydrogen-bond donors (Lipinski definition) is 2. The summed E-state index contributed by atoms with van der Waals surface area (Å²) in [7, 11) is -3.90. The van der Waals surface area contributed by atoms with E-state index in [1.165, 1.54) is 24.3 Å². The van der Waals surface area contributed by atoms with E-state index in [0.29, 0.717) is 17.0 Å². The molecule has 8 heteroatoms. The molecule has 0 aliphatic heterocycles. The Hall–Kier alpha value is -2.87. The van der Waals surface area contributed by atoms with Crippen molar-refractivity contribution in [3.8, 4) is 5.75 Å². The summed E-state index contributed by atoms with van der Waals surface area (Å²) in [5.41, 5.74) is 0.871. The molecular weight excluding hydrogens is 356 g/mol. The molecule has 0 atom stereocenters. The van der Waals surface area contributed by atoms with Crippen molar-refractivity contribution in [2.24, 2.45) is 0 Å². The van der Waals surface area contributed by atoms with Gasteiger partial charge in [-0.15, -0.1) is 0 Å². The van der Waals surface area contributed by atoms with Crippen LogP contribution >= 0.6 is 0 Å². The summed E-state index contributed by atoms with van der Waals surface area (Å²) < 4.78 is 31.1. The molecule has 138 valence electrons. The lowest BCUT2D eigenvalue weighted by Gasteiger charge is -2.10. The Balaban J connectivity index is 2.06. The Morgan fingerprint density at radius 1 is 0.962 bits per heavy atom. The zero-order valence-corrected chi connectivity index (χ0v) is 15.5. The van der Waals surface area contributed by atoms with Crippen molar-refractivity contribution >= 4 is 27.5 Å². The standard InChI is InChI=1S/C18H20N2O5S/c1-12(2)25-16-8-4-14(5-9-16)18(22)19-15-6-10-17(11-7-15)26(23,24)20-13(3)21/h4-12H,1-3H3,(H,19,22)(H,20,21). The van der Waals surface area contributed by atoms with Gasteiger partial charge in [0.1, 0.15) is 5.75 Å². The summed E-state index contributed by atoms with van der Waals surface area (Å²) in [6.07, 6.45) is 0.0435. The Morgan fingerprint density at radius 3 is 2.04 bits per heavy atom. The number of carbonyl (C=O) groups is 2. The van der Waals surface area contributed by atoms with Crippen molar-refractivity contribution in [2.45, 2.75) is 31.8 Å². The molecule has 0 fully saturated rings. The first-order chi connectivity index (χ1) is 12.2. The minimum atomic E-state index is -3.90. The summed E-state index contributed by atoms with van der Waals surface area (Å²) in [5.74, 6) is -0.338. The lowest BCUT2D eigenvalue weighted by Crippen LogP contribution is -2.28. The number of carbonyl (C=O) groups excluding carboxylic acids is 2. The lowest BCUT2D eigenvalue weighted by molar-refractivity contribution is -0.117. The number of amides is 2. The highest BCUT2D eigenvalue weighted by molar-refractivity contribution is 7.90. The fourth-order valence-electron chi connectivity index (χ4n) is 2.13. The monoisotopic (exact) mass is 376 g/mol. The van der Waals surface area contributed by atoms with E-state index in [0.717, 1.165) is 6.92 Å². The van der Waals surface area contributed by atoms with Crippen LogP contribution in [0.4, 0.5) is 5.69 Å². The molecule has 2 N–H and O–H groups in total. The highest BCUT2D eigenvalue weighted by Crippen LogP contribution is 2.17. The third-order valence-corrected chi connectivity index (χ3v) is 4.64. The van der Waals surface area contributed by atoms with Gasteiger partial charge < -0.3 is 10.1 Å². The summed E-state index contributed by atoms with van der Waals surface area (Å²) in [4.78, 5) is 23.1. The maximum Gasteiger partial charge on any atom is 0.264 e. The van der Waals surface area contributed by atoms with E-state index in [1.807, 2.05) is 18.6 Å². The summed E-state index contributed by atoms with van der Waals surface area (Å²) in [6, 6.07) is 12.2. The van der Waals surface area contributed by atoms with Gasteiger partial charge in [-0.05, 0) is 62.4 Å². The first-order valence-corrected chi connectivity index (χ1v) is 9.37. The molecule has 2 rings (SSSR count). The molecule has 2 amide bonds. The van der Waals surface area contributed by atoms with Crippen LogP contribution in [0.2, 0.25) is 0 Å². The molecule has 0 saturated heterocycles. The number of benzene rings is 2. The van der Waals surface area contributed by atoms with Crippen molar-refractivity contribution in [1.29, 1.82) is 0 Å². The SMILES string of the molecule is CC(=O)NS(=O)(=O)c1ccc(NC(=O)c2ccc(OC(C)C)cc2)cc1.